The summed E-state index contributed by atoms with van der Waals surface area (Å²) in [6.45, 7) is 6.07. The third-order valence-corrected chi connectivity index (χ3v) is 3.77. The van der Waals surface area contributed by atoms with Crippen LogP contribution in [-0.2, 0) is 0 Å². The van der Waals surface area contributed by atoms with E-state index in [-0.39, 0.29) is 6.04 Å². The standard InChI is InChI=1S/C16H26N2O/c1-2-19-15-9-7-14(8-10-15)16(17)13-18-11-5-3-4-6-12-18/h7-10,16H,2-6,11-13,17H2,1H3. The minimum Gasteiger partial charge on any atom is -0.494 e. The summed E-state index contributed by atoms with van der Waals surface area (Å²) in [4.78, 5) is 2.51. The normalized spacial score (nSPS) is 18.8. The lowest BCUT2D eigenvalue weighted by Gasteiger charge is -2.24. The van der Waals surface area contributed by atoms with Gasteiger partial charge in [-0.05, 0) is 50.6 Å². The van der Waals surface area contributed by atoms with Crippen molar-refractivity contribution in [3.05, 3.63) is 29.8 Å². The smallest absolute Gasteiger partial charge is 0.119 e. The van der Waals surface area contributed by atoms with Crippen LogP contribution in [0.25, 0.3) is 0 Å². The summed E-state index contributed by atoms with van der Waals surface area (Å²) in [7, 11) is 0. The Morgan fingerprint density at radius 1 is 1.11 bits per heavy atom. The van der Waals surface area contributed by atoms with Gasteiger partial charge in [-0.25, -0.2) is 0 Å². The average Bonchev–Trinajstić information content (AvgIpc) is 2.68. The van der Waals surface area contributed by atoms with Crippen molar-refractivity contribution in [1.82, 2.24) is 4.90 Å². The molecule has 3 nitrogen and oxygen atoms in total. The molecule has 0 saturated carbocycles. The second-order valence-corrected chi connectivity index (χ2v) is 5.32. The van der Waals surface area contributed by atoms with Crippen LogP contribution in [0, 0.1) is 0 Å². The Morgan fingerprint density at radius 2 is 1.74 bits per heavy atom. The van der Waals surface area contributed by atoms with Gasteiger partial charge in [-0.3, -0.25) is 0 Å². The summed E-state index contributed by atoms with van der Waals surface area (Å²) >= 11 is 0. The molecule has 0 bridgehead atoms. The van der Waals surface area contributed by atoms with Crippen LogP contribution in [0.4, 0.5) is 0 Å². The first-order valence-electron chi connectivity index (χ1n) is 7.50. The van der Waals surface area contributed by atoms with Crippen molar-refractivity contribution in [2.24, 2.45) is 5.73 Å². The fraction of sp³-hybridized carbons (Fsp3) is 0.625. The zero-order chi connectivity index (χ0) is 13.5. The van der Waals surface area contributed by atoms with Crippen molar-refractivity contribution in [2.45, 2.75) is 38.6 Å². The van der Waals surface area contributed by atoms with Gasteiger partial charge in [0.2, 0.25) is 0 Å². The van der Waals surface area contributed by atoms with E-state index >= 15 is 0 Å². The summed E-state index contributed by atoms with van der Waals surface area (Å²) in [5.41, 5.74) is 7.52. The Morgan fingerprint density at radius 3 is 2.32 bits per heavy atom. The van der Waals surface area contributed by atoms with Crippen molar-refractivity contribution in [3.63, 3.8) is 0 Å². The number of hydrogen-bond donors (Lipinski definition) is 1. The summed E-state index contributed by atoms with van der Waals surface area (Å²) < 4.78 is 5.46. The highest BCUT2D eigenvalue weighted by Gasteiger charge is 2.14. The Kier molecular flexibility index (Phi) is 5.67. The largest absolute Gasteiger partial charge is 0.494 e. The Balaban J connectivity index is 1.89. The van der Waals surface area contributed by atoms with Crippen LogP contribution in [0.1, 0.15) is 44.2 Å². The van der Waals surface area contributed by atoms with Gasteiger partial charge in [0, 0.05) is 12.6 Å². The molecule has 0 aromatic heterocycles. The maximum absolute atomic E-state index is 6.32. The number of benzene rings is 1. The molecule has 1 aliphatic rings. The minimum atomic E-state index is 0.105. The summed E-state index contributed by atoms with van der Waals surface area (Å²) in [6, 6.07) is 8.32. The highest BCUT2D eigenvalue weighted by molar-refractivity contribution is 5.29. The van der Waals surface area contributed by atoms with Crippen LogP contribution >= 0.6 is 0 Å². The van der Waals surface area contributed by atoms with E-state index in [1.54, 1.807) is 0 Å². The molecule has 3 heteroatoms. The van der Waals surface area contributed by atoms with E-state index in [0.717, 1.165) is 12.3 Å². The lowest BCUT2D eigenvalue weighted by Crippen LogP contribution is -2.32. The van der Waals surface area contributed by atoms with E-state index in [9.17, 15) is 0 Å². The van der Waals surface area contributed by atoms with E-state index < -0.39 is 0 Å². The Labute approximate surface area is 116 Å². The van der Waals surface area contributed by atoms with Crippen molar-refractivity contribution in [3.8, 4) is 5.75 Å². The van der Waals surface area contributed by atoms with Gasteiger partial charge in [-0.1, -0.05) is 25.0 Å². The SMILES string of the molecule is CCOc1ccc(C(N)CN2CCCCCC2)cc1. The number of rotatable bonds is 5. The first-order chi connectivity index (χ1) is 9.29. The van der Waals surface area contributed by atoms with Gasteiger partial charge in [0.15, 0.2) is 0 Å². The first-order valence-corrected chi connectivity index (χ1v) is 7.50. The van der Waals surface area contributed by atoms with Gasteiger partial charge in [0.05, 0.1) is 6.61 Å². The van der Waals surface area contributed by atoms with Gasteiger partial charge in [-0.2, -0.15) is 0 Å². The van der Waals surface area contributed by atoms with Gasteiger partial charge >= 0.3 is 0 Å². The Hall–Kier alpha value is -1.06. The third-order valence-electron chi connectivity index (χ3n) is 3.77. The fourth-order valence-corrected chi connectivity index (χ4v) is 2.68. The number of likely N-dealkylation sites (tertiary alicyclic amines) is 1. The molecule has 1 aliphatic heterocycles. The molecule has 2 N–H and O–H groups in total. The molecule has 1 fully saturated rings. The molecule has 1 atom stereocenters. The topological polar surface area (TPSA) is 38.5 Å². The zero-order valence-electron chi connectivity index (χ0n) is 12.0. The molecule has 106 valence electrons. The predicted molar refractivity (Wildman–Crippen MR) is 79.4 cm³/mol. The zero-order valence-corrected chi connectivity index (χ0v) is 12.0. The van der Waals surface area contributed by atoms with Crippen LogP contribution in [0.2, 0.25) is 0 Å². The number of nitrogens with two attached hydrogens (primary N) is 1. The van der Waals surface area contributed by atoms with Crippen LogP contribution < -0.4 is 10.5 Å². The van der Waals surface area contributed by atoms with Gasteiger partial charge in [-0.15, -0.1) is 0 Å². The van der Waals surface area contributed by atoms with E-state index in [1.807, 2.05) is 19.1 Å². The quantitative estimate of drug-likeness (QED) is 0.886. The van der Waals surface area contributed by atoms with E-state index in [2.05, 4.69) is 17.0 Å². The highest BCUT2D eigenvalue weighted by atomic mass is 16.5. The molecule has 0 amide bonds. The molecule has 1 aromatic rings. The number of hydrogen-bond acceptors (Lipinski definition) is 3. The molecule has 1 heterocycles. The molecular weight excluding hydrogens is 236 g/mol. The molecule has 2 rings (SSSR count). The lowest BCUT2D eigenvalue weighted by atomic mass is 10.1. The monoisotopic (exact) mass is 262 g/mol. The first kappa shape index (κ1) is 14.4. The van der Waals surface area contributed by atoms with Crippen LogP contribution in [0.3, 0.4) is 0 Å². The molecular formula is C16H26N2O. The third kappa shape index (κ3) is 4.51. The lowest BCUT2D eigenvalue weighted by molar-refractivity contribution is 0.267. The second kappa shape index (κ2) is 7.51. The Bertz CT molecular complexity index is 356. The van der Waals surface area contributed by atoms with Crippen molar-refractivity contribution in [1.29, 1.82) is 0 Å². The molecule has 0 radical (unpaired) electrons. The van der Waals surface area contributed by atoms with Crippen LogP contribution in [0.5, 0.6) is 5.75 Å². The van der Waals surface area contributed by atoms with Crippen LogP contribution in [-0.4, -0.2) is 31.1 Å². The molecule has 1 unspecified atom stereocenters. The predicted octanol–water partition coefficient (Wildman–Crippen LogP) is 2.96. The molecule has 1 saturated heterocycles. The minimum absolute atomic E-state index is 0.105. The number of nitrogens with zero attached hydrogens (tertiary/aromatic N) is 1. The maximum atomic E-state index is 6.32. The van der Waals surface area contributed by atoms with E-state index in [0.29, 0.717) is 6.61 Å². The van der Waals surface area contributed by atoms with Gasteiger partial charge < -0.3 is 15.4 Å². The number of ether oxygens (including phenoxy) is 1. The van der Waals surface area contributed by atoms with Crippen molar-refractivity contribution >= 4 is 0 Å². The molecule has 0 aliphatic carbocycles. The van der Waals surface area contributed by atoms with E-state index in [4.69, 9.17) is 10.5 Å². The summed E-state index contributed by atoms with van der Waals surface area (Å²) in [5.74, 6) is 0.924. The van der Waals surface area contributed by atoms with E-state index in [1.165, 1.54) is 44.3 Å². The summed E-state index contributed by atoms with van der Waals surface area (Å²) in [5, 5.41) is 0. The highest BCUT2D eigenvalue weighted by Crippen LogP contribution is 2.18. The van der Waals surface area contributed by atoms with Gasteiger partial charge in [0.1, 0.15) is 5.75 Å². The van der Waals surface area contributed by atoms with Crippen LogP contribution in [0.15, 0.2) is 24.3 Å². The molecule has 0 spiro atoms. The van der Waals surface area contributed by atoms with Crippen molar-refractivity contribution in [2.75, 3.05) is 26.2 Å². The molecule has 1 aromatic carbocycles. The summed E-state index contributed by atoms with van der Waals surface area (Å²) in [6.07, 6.45) is 5.37. The fourth-order valence-electron chi connectivity index (χ4n) is 2.68. The van der Waals surface area contributed by atoms with Crippen molar-refractivity contribution < 1.29 is 4.74 Å². The maximum Gasteiger partial charge on any atom is 0.119 e. The second-order valence-electron chi connectivity index (χ2n) is 5.32. The average molecular weight is 262 g/mol. The molecule has 19 heavy (non-hydrogen) atoms. The van der Waals surface area contributed by atoms with Gasteiger partial charge in [0.25, 0.3) is 0 Å².